The van der Waals surface area contributed by atoms with Crippen LogP contribution in [0.2, 0.25) is 0 Å². The number of thiol groups is 1. The predicted octanol–water partition coefficient (Wildman–Crippen LogP) is 1.75. The van der Waals surface area contributed by atoms with Crippen LogP contribution in [0.15, 0.2) is 0 Å². The summed E-state index contributed by atoms with van der Waals surface area (Å²) in [6.07, 6.45) is 4.13. The van der Waals surface area contributed by atoms with Gasteiger partial charge < -0.3 is 0 Å². The first kappa shape index (κ1) is 5.97. The molecule has 8 heavy (non-hydrogen) atoms. The summed E-state index contributed by atoms with van der Waals surface area (Å²) in [6, 6.07) is 2.13. The van der Waals surface area contributed by atoms with Crippen molar-refractivity contribution in [3.63, 3.8) is 0 Å². The Labute approximate surface area is 55.1 Å². The molecule has 1 nitrogen and oxygen atoms in total. The molecule has 0 atom stereocenters. The van der Waals surface area contributed by atoms with Crippen LogP contribution in [-0.2, 0) is 0 Å². The number of hydrogen-bond donors (Lipinski definition) is 1. The van der Waals surface area contributed by atoms with Gasteiger partial charge in [-0.05, 0) is 12.8 Å². The molecule has 44 valence electrons. The minimum absolute atomic E-state index is 0.106. The summed E-state index contributed by atoms with van der Waals surface area (Å²) < 4.78 is 0.106. The summed E-state index contributed by atoms with van der Waals surface area (Å²) >= 11 is 4.33. The average molecular weight is 127 g/mol. The maximum absolute atomic E-state index is 8.27. The van der Waals surface area contributed by atoms with E-state index in [9.17, 15) is 0 Å². The lowest BCUT2D eigenvalue weighted by molar-refractivity contribution is 0.372. The fourth-order valence-corrected chi connectivity index (χ4v) is 1.30. The van der Waals surface area contributed by atoms with Crippen LogP contribution >= 0.6 is 12.6 Å². The average Bonchev–Trinajstić information content (AvgIpc) is 1.64. The van der Waals surface area contributed by atoms with Crippen LogP contribution in [0, 0.1) is 11.3 Å². The van der Waals surface area contributed by atoms with Gasteiger partial charge in [0.15, 0.2) is 0 Å². The Morgan fingerprint density at radius 1 is 1.62 bits per heavy atom. The summed E-state index contributed by atoms with van der Waals surface area (Å²) in [7, 11) is 0. The lowest BCUT2D eigenvalue weighted by Crippen LogP contribution is -2.29. The van der Waals surface area contributed by atoms with Crippen LogP contribution < -0.4 is 0 Å². The van der Waals surface area contributed by atoms with Crippen LogP contribution in [0.3, 0.4) is 0 Å². The molecule has 1 fully saturated rings. The van der Waals surface area contributed by atoms with E-state index in [1.807, 2.05) is 0 Å². The van der Waals surface area contributed by atoms with Crippen molar-refractivity contribution in [3.8, 4) is 6.07 Å². The quantitative estimate of drug-likeness (QED) is 0.533. The van der Waals surface area contributed by atoms with Gasteiger partial charge in [-0.2, -0.15) is 17.9 Å². The molecule has 1 aliphatic carbocycles. The van der Waals surface area contributed by atoms with E-state index in [-0.39, 0.29) is 4.75 Å². The molecule has 0 heterocycles. The van der Waals surface area contributed by atoms with Gasteiger partial charge in [0.2, 0.25) is 0 Å². The van der Waals surface area contributed by atoms with Crippen molar-refractivity contribution in [2.75, 3.05) is 0 Å². The lowest BCUT2D eigenvalue weighted by Gasteiger charge is -2.34. The monoisotopic (exact) mass is 127 g/mol. The molecule has 0 amide bonds. The summed E-state index contributed by atoms with van der Waals surface area (Å²) in [5, 5.41) is 8.27. The highest BCUT2D eigenvalue weighted by Crippen LogP contribution is 2.40. The van der Waals surface area contributed by atoms with Gasteiger partial charge in [-0.3, -0.25) is 0 Å². The molecular weight excluding hydrogens is 118 g/mol. The van der Waals surface area contributed by atoms with Gasteiger partial charge in [0.1, 0.15) is 0 Å². The van der Waals surface area contributed by atoms with Gasteiger partial charge in [0, 0.05) is 11.2 Å². The van der Waals surface area contributed by atoms with Crippen molar-refractivity contribution in [1.82, 2.24) is 0 Å². The van der Waals surface area contributed by atoms with E-state index in [0.717, 1.165) is 12.8 Å². The second-order valence-electron chi connectivity index (χ2n) is 2.41. The third-order valence-electron chi connectivity index (χ3n) is 1.69. The van der Waals surface area contributed by atoms with E-state index in [1.165, 1.54) is 6.42 Å². The zero-order chi connectivity index (χ0) is 6.04. The Kier molecular flexibility index (Phi) is 1.48. The number of hydrogen-bond acceptors (Lipinski definition) is 2. The van der Waals surface area contributed by atoms with E-state index in [1.54, 1.807) is 0 Å². The number of nitrogens with zero attached hydrogens (tertiary/aromatic N) is 1. The van der Waals surface area contributed by atoms with E-state index < -0.39 is 0 Å². The Balaban J connectivity index is 2.33. The van der Waals surface area contributed by atoms with Gasteiger partial charge in [-0.1, -0.05) is 6.42 Å². The number of nitriles is 1. The summed E-state index contributed by atoms with van der Waals surface area (Å²) in [6.45, 7) is 0. The standard InChI is InChI=1S/C6H9NS/c7-5-4-6(8)2-1-3-6/h8H,1-4H2. The Morgan fingerprint density at radius 2 is 2.25 bits per heavy atom. The van der Waals surface area contributed by atoms with Crippen LogP contribution in [0.5, 0.6) is 0 Å². The molecule has 0 N–H and O–H groups in total. The van der Waals surface area contributed by atoms with Crippen molar-refractivity contribution in [1.29, 1.82) is 5.26 Å². The molecule has 0 spiro atoms. The lowest BCUT2D eigenvalue weighted by atomic mass is 9.82. The highest BCUT2D eigenvalue weighted by Gasteiger charge is 2.32. The highest BCUT2D eigenvalue weighted by molar-refractivity contribution is 7.81. The van der Waals surface area contributed by atoms with E-state index >= 15 is 0 Å². The fourth-order valence-electron chi connectivity index (χ4n) is 0.909. The zero-order valence-corrected chi connectivity index (χ0v) is 5.62. The van der Waals surface area contributed by atoms with Crippen molar-refractivity contribution >= 4 is 12.6 Å². The molecule has 0 aliphatic heterocycles. The maximum atomic E-state index is 8.27. The fraction of sp³-hybridized carbons (Fsp3) is 0.833. The molecular formula is C6H9NS. The Morgan fingerprint density at radius 3 is 2.38 bits per heavy atom. The molecule has 0 radical (unpaired) electrons. The molecule has 1 aliphatic rings. The van der Waals surface area contributed by atoms with Gasteiger partial charge in [0.25, 0.3) is 0 Å². The molecule has 0 bridgehead atoms. The Hall–Kier alpha value is -0.160. The SMILES string of the molecule is N#CCC1(S)CCC1. The maximum Gasteiger partial charge on any atom is 0.0636 e. The minimum Gasteiger partial charge on any atom is -0.198 e. The highest BCUT2D eigenvalue weighted by atomic mass is 32.1. The Bertz CT molecular complexity index is 121. The van der Waals surface area contributed by atoms with Gasteiger partial charge in [-0.15, -0.1) is 0 Å². The molecule has 1 rings (SSSR count). The van der Waals surface area contributed by atoms with Crippen molar-refractivity contribution < 1.29 is 0 Å². The molecule has 0 aromatic rings. The van der Waals surface area contributed by atoms with Gasteiger partial charge in [0.05, 0.1) is 6.07 Å². The second kappa shape index (κ2) is 1.99. The van der Waals surface area contributed by atoms with Crippen molar-refractivity contribution in [2.24, 2.45) is 0 Å². The molecule has 0 saturated heterocycles. The molecule has 0 aromatic carbocycles. The third-order valence-corrected chi connectivity index (χ3v) is 2.30. The first-order chi connectivity index (χ1) is 3.77. The van der Waals surface area contributed by atoms with Crippen LogP contribution in [0.4, 0.5) is 0 Å². The normalized spacial score (nSPS) is 23.5. The molecule has 2 heteroatoms. The van der Waals surface area contributed by atoms with E-state index in [4.69, 9.17) is 5.26 Å². The number of rotatable bonds is 1. The molecule has 1 saturated carbocycles. The smallest absolute Gasteiger partial charge is 0.0636 e. The first-order valence-electron chi connectivity index (χ1n) is 2.86. The minimum atomic E-state index is 0.106. The van der Waals surface area contributed by atoms with Crippen LogP contribution in [0.1, 0.15) is 25.7 Å². The topological polar surface area (TPSA) is 23.8 Å². The van der Waals surface area contributed by atoms with Gasteiger partial charge in [-0.25, -0.2) is 0 Å². The predicted molar refractivity (Wildman–Crippen MR) is 35.8 cm³/mol. The van der Waals surface area contributed by atoms with Gasteiger partial charge >= 0.3 is 0 Å². The summed E-state index contributed by atoms with van der Waals surface area (Å²) in [5.74, 6) is 0. The van der Waals surface area contributed by atoms with E-state index in [2.05, 4.69) is 18.7 Å². The summed E-state index contributed by atoms with van der Waals surface area (Å²) in [5.41, 5.74) is 0. The largest absolute Gasteiger partial charge is 0.198 e. The molecule has 0 aromatic heterocycles. The van der Waals surface area contributed by atoms with E-state index in [0.29, 0.717) is 6.42 Å². The zero-order valence-electron chi connectivity index (χ0n) is 4.72. The van der Waals surface area contributed by atoms with Crippen molar-refractivity contribution in [2.45, 2.75) is 30.4 Å². The summed E-state index contributed by atoms with van der Waals surface area (Å²) in [4.78, 5) is 0. The first-order valence-corrected chi connectivity index (χ1v) is 3.31. The second-order valence-corrected chi connectivity index (χ2v) is 3.36. The third kappa shape index (κ3) is 0.976. The van der Waals surface area contributed by atoms with Crippen LogP contribution in [-0.4, -0.2) is 4.75 Å². The van der Waals surface area contributed by atoms with Crippen molar-refractivity contribution in [3.05, 3.63) is 0 Å². The van der Waals surface area contributed by atoms with Crippen LogP contribution in [0.25, 0.3) is 0 Å². The molecule has 0 unspecified atom stereocenters.